The molecule has 0 saturated carbocycles. The van der Waals surface area contributed by atoms with E-state index in [9.17, 15) is 9.59 Å². The number of aromatic nitrogens is 1. The third-order valence-corrected chi connectivity index (χ3v) is 3.26. The SMILES string of the molecule is CCOC(=O)c1ccc(N2CCCN(C)C(=O)C2)nc1. The number of rotatable bonds is 3. The van der Waals surface area contributed by atoms with Gasteiger partial charge in [-0.1, -0.05) is 0 Å². The third kappa shape index (κ3) is 3.26. The van der Waals surface area contributed by atoms with Crippen LogP contribution in [-0.4, -0.2) is 55.0 Å². The normalized spacial score (nSPS) is 16.0. The van der Waals surface area contributed by atoms with Crippen molar-refractivity contribution in [1.82, 2.24) is 9.88 Å². The average Bonchev–Trinajstić information content (AvgIpc) is 2.62. The zero-order valence-corrected chi connectivity index (χ0v) is 11.8. The Labute approximate surface area is 118 Å². The number of hydrogen-bond donors (Lipinski definition) is 0. The van der Waals surface area contributed by atoms with Crippen molar-refractivity contribution in [3.8, 4) is 0 Å². The Balaban J connectivity index is 2.09. The first-order valence-corrected chi connectivity index (χ1v) is 6.74. The topological polar surface area (TPSA) is 62.7 Å². The van der Waals surface area contributed by atoms with E-state index in [4.69, 9.17) is 4.74 Å². The van der Waals surface area contributed by atoms with E-state index in [1.807, 2.05) is 11.9 Å². The van der Waals surface area contributed by atoms with Crippen LogP contribution in [0.3, 0.4) is 0 Å². The van der Waals surface area contributed by atoms with Gasteiger partial charge in [-0.3, -0.25) is 4.79 Å². The molecule has 1 aliphatic heterocycles. The van der Waals surface area contributed by atoms with Gasteiger partial charge in [0.15, 0.2) is 0 Å². The highest BCUT2D eigenvalue weighted by Gasteiger charge is 2.20. The van der Waals surface area contributed by atoms with Gasteiger partial charge in [0, 0.05) is 26.3 Å². The Morgan fingerprint density at radius 2 is 2.20 bits per heavy atom. The number of amides is 1. The molecule has 20 heavy (non-hydrogen) atoms. The van der Waals surface area contributed by atoms with Crippen LogP contribution in [0.4, 0.5) is 5.82 Å². The van der Waals surface area contributed by atoms with Gasteiger partial charge < -0.3 is 14.5 Å². The van der Waals surface area contributed by atoms with Gasteiger partial charge in [0.1, 0.15) is 5.82 Å². The van der Waals surface area contributed by atoms with Gasteiger partial charge in [-0.25, -0.2) is 9.78 Å². The number of hydrogen-bond acceptors (Lipinski definition) is 5. The second-order valence-electron chi connectivity index (χ2n) is 4.72. The Morgan fingerprint density at radius 1 is 1.40 bits per heavy atom. The molecule has 0 aromatic carbocycles. The average molecular weight is 277 g/mol. The van der Waals surface area contributed by atoms with Gasteiger partial charge in [0.25, 0.3) is 0 Å². The zero-order chi connectivity index (χ0) is 14.5. The summed E-state index contributed by atoms with van der Waals surface area (Å²) in [6.07, 6.45) is 2.40. The highest BCUT2D eigenvalue weighted by atomic mass is 16.5. The molecule has 1 aromatic rings. The first kappa shape index (κ1) is 14.3. The molecular weight excluding hydrogens is 258 g/mol. The molecule has 2 heterocycles. The summed E-state index contributed by atoms with van der Waals surface area (Å²) < 4.78 is 4.91. The number of pyridine rings is 1. The summed E-state index contributed by atoms with van der Waals surface area (Å²) in [5.41, 5.74) is 0.425. The van der Waals surface area contributed by atoms with Gasteiger partial charge in [-0.15, -0.1) is 0 Å². The summed E-state index contributed by atoms with van der Waals surface area (Å²) in [4.78, 5) is 31.3. The van der Waals surface area contributed by atoms with Crippen molar-refractivity contribution in [1.29, 1.82) is 0 Å². The van der Waals surface area contributed by atoms with Crippen molar-refractivity contribution < 1.29 is 14.3 Å². The smallest absolute Gasteiger partial charge is 0.339 e. The van der Waals surface area contributed by atoms with Crippen LogP contribution in [0, 0.1) is 0 Å². The Hall–Kier alpha value is -2.11. The standard InChI is InChI=1S/C14H19N3O3/c1-3-20-14(19)11-5-6-12(15-9-11)17-8-4-7-16(2)13(18)10-17/h5-6,9H,3-4,7-8,10H2,1-2H3. The molecule has 0 atom stereocenters. The zero-order valence-electron chi connectivity index (χ0n) is 11.8. The van der Waals surface area contributed by atoms with Gasteiger partial charge >= 0.3 is 5.97 Å². The van der Waals surface area contributed by atoms with Crippen LogP contribution in [0.5, 0.6) is 0 Å². The number of nitrogens with zero attached hydrogens (tertiary/aromatic N) is 3. The van der Waals surface area contributed by atoms with E-state index >= 15 is 0 Å². The minimum Gasteiger partial charge on any atom is -0.462 e. The molecule has 0 bridgehead atoms. The van der Waals surface area contributed by atoms with E-state index < -0.39 is 0 Å². The minimum atomic E-state index is -0.377. The maximum absolute atomic E-state index is 11.8. The van der Waals surface area contributed by atoms with Crippen LogP contribution in [0.25, 0.3) is 0 Å². The number of likely N-dealkylation sites (N-methyl/N-ethyl adjacent to an activating group) is 1. The van der Waals surface area contributed by atoms with Gasteiger partial charge in [0.2, 0.25) is 5.91 Å². The molecular formula is C14H19N3O3. The fourth-order valence-electron chi connectivity index (χ4n) is 2.09. The molecule has 0 aliphatic carbocycles. The second kappa shape index (κ2) is 6.36. The number of ether oxygens (including phenoxy) is 1. The van der Waals surface area contributed by atoms with Gasteiger partial charge in [-0.2, -0.15) is 0 Å². The van der Waals surface area contributed by atoms with Crippen LogP contribution < -0.4 is 4.90 Å². The van der Waals surface area contributed by atoms with E-state index in [0.29, 0.717) is 24.5 Å². The number of carbonyl (C=O) groups is 2. The van der Waals surface area contributed by atoms with E-state index in [2.05, 4.69) is 4.98 Å². The fourth-order valence-corrected chi connectivity index (χ4v) is 2.09. The number of esters is 1. The first-order valence-electron chi connectivity index (χ1n) is 6.74. The molecule has 1 aliphatic rings. The lowest BCUT2D eigenvalue weighted by Gasteiger charge is -2.20. The lowest BCUT2D eigenvalue weighted by Crippen LogP contribution is -2.34. The molecule has 6 nitrogen and oxygen atoms in total. The monoisotopic (exact) mass is 277 g/mol. The molecule has 0 N–H and O–H groups in total. The van der Waals surface area contributed by atoms with Crippen molar-refractivity contribution in [2.45, 2.75) is 13.3 Å². The summed E-state index contributed by atoms with van der Waals surface area (Å²) in [5.74, 6) is 0.415. The van der Waals surface area contributed by atoms with Crippen molar-refractivity contribution >= 4 is 17.7 Å². The van der Waals surface area contributed by atoms with Crippen LogP contribution >= 0.6 is 0 Å². The highest BCUT2D eigenvalue weighted by Crippen LogP contribution is 2.14. The summed E-state index contributed by atoms with van der Waals surface area (Å²) >= 11 is 0. The van der Waals surface area contributed by atoms with Crippen LogP contribution in [-0.2, 0) is 9.53 Å². The highest BCUT2D eigenvalue weighted by molar-refractivity contribution is 5.89. The number of carbonyl (C=O) groups excluding carboxylic acids is 2. The first-order chi connectivity index (χ1) is 9.61. The molecule has 108 valence electrons. The summed E-state index contributed by atoms with van der Waals surface area (Å²) in [6, 6.07) is 3.43. The van der Waals surface area contributed by atoms with E-state index in [1.165, 1.54) is 6.20 Å². The third-order valence-electron chi connectivity index (χ3n) is 3.26. The van der Waals surface area contributed by atoms with Crippen LogP contribution in [0.2, 0.25) is 0 Å². The quantitative estimate of drug-likeness (QED) is 0.769. The largest absolute Gasteiger partial charge is 0.462 e. The molecule has 1 fully saturated rings. The molecule has 0 unspecified atom stereocenters. The lowest BCUT2D eigenvalue weighted by molar-refractivity contribution is -0.127. The Morgan fingerprint density at radius 3 is 2.85 bits per heavy atom. The van der Waals surface area contributed by atoms with E-state index in [-0.39, 0.29) is 11.9 Å². The van der Waals surface area contributed by atoms with Crippen LogP contribution in [0.15, 0.2) is 18.3 Å². The predicted octanol–water partition coefficient (Wildman–Crippen LogP) is 0.927. The maximum Gasteiger partial charge on any atom is 0.339 e. The van der Waals surface area contributed by atoms with Gasteiger partial charge in [-0.05, 0) is 25.5 Å². The van der Waals surface area contributed by atoms with Gasteiger partial charge in [0.05, 0.1) is 18.7 Å². The lowest BCUT2D eigenvalue weighted by atomic mass is 10.2. The summed E-state index contributed by atoms with van der Waals surface area (Å²) in [7, 11) is 1.81. The fraction of sp³-hybridized carbons (Fsp3) is 0.500. The maximum atomic E-state index is 11.8. The van der Waals surface area contributed by atoms with Crippen molar-refractivity contribution in [2.75, 3.05) is 38.2 Å². The summed E-state index contributed by atoms with van der Waals surface area (Å²) in [6.45, 7) is 3.97. The molecule has 1 saturated heterocycles. The molecule has 6 heteroatoms. The van der Waals surface area contributed by atoms with E-state index in [0.717, 1.165) is 19.5 Å². The second-order valence-corrected chi connectivity index (χ2v) is 4.72. The Bertz CT molecular complexity index is 487. The van der Waals surface area contributed by atoms with Crippen molar-refractivity contribution in [3.63, 3.8) is 0 Å². The van der Waals surface area contributed by atoms with Crippen molar-refractivity contribution in [3.05, 3.63) is 23.9 Å². The molecule has 1 amide bonds. The molecule has 0 spiro atoms. The molecule has 0 radical (unpaired) electrons. The minimum absolute atomic E-state index is 0.0822. The van der Waals surface area contributed by atoms with Crippen LogP contribution in [0.1, 0.15) is 23.7 Å². The van der Waals surface area contributed by atoms with Crippen molar-refractivity contribution in [2.24, 2.45) is 0 Å². The predicted molar refractivity (Wildman–Crippen MR) is 74.7 cm³/mol. The van der Waals surface area contributed by atoms with E-state index in [1.54, 1.807) is 24.0 Å². The Kier molecular flexibility index (Phi) is 4.55. The molecule has 1 aromatic heterocycles. The number of anilines is 1. The summed E-state index contributed by atoms with van der Waals surface area (Å²) in [5, 5.41) is 0. The molecule has 2 rings (SSSR count).